The van der Waals surface area contributed by atoms with Gasteiger partial charge in [-0.15, -0.1) is 0 Å². The predicted octanol–water partition coefficient (Wildman–Crippen LogP) is 2.17. The number of hydrogen-bond donors (Lipinski definition) is 1. The summed E-state index contributed by atoms with van der Waals surface area (Å²) in [6.07, 6.45) is 3.01. The number of pyridine rings is 1. The zero-order valence-corrected chi connectivity index (χ0v) is 11.5. The molecule has 2 N–H and O–H groups in total. The average molecular weight is 263 g/mol. The van der Waals surface area contributed by atoms with Gasteiger partial charge in [-0.05, 0) is 44.7 Å². The fourth-order valence-corrected chi connectivity index (χ4v) is 2.76. The van der Waals surface area contributed by atoms with Crippen LogP contribution in [-0.2, 0) is 4.74 Å². The lowest BCUT2D eigenvalue weighted by Gasteiger charge is -2.27. The van der Waals surface area contributed by atoms with E-state index in [9.17, 15) is 4.79 Å². The average Bonchev–Trinajstić information content (AvgIpc) is 2.76. The second kappa shape index (κ2) is 5.47. The van der Waals surface area contributed by atoms with Gasteiger partial charge in [0.2, 0.25) is 0 Å². The predicted molar refractivity (Wildman–Crippen MR) is 73.9 cm³/mol. The molecule has 1 aromatic heterocycles. The van der Waals surface area contributed by atoms with Gasteiger partial charge >= 0.3 is 6.09 Å². The van der Waals surface area contributed by atoms with Crippen LogP contribution in [0.3, 0.4) is 0 Å². The summed E-state index contributed by atoms with van der Waals surface area (Å²) in [5.41, 5.74) is 4.59. The number of rotatable bonds is 4. The van der Waals surface area contributed by atoms with E-state index in [0.29, 0.717) is 5.92 Å². The maximum atomic E-state index is 10.9. The highest BCUT2D eigenvalue weighted by Gasteiger charge is 2.31. The molecule has 19 heavy (non-hydrogen) atoms. The molecular weight excluding hydrogens is 242 g/mol. The Morgan fingerprint density at radius 2 is 2.37 bits per heavy atom. The van der Waals surface area contributed by atoms with E-state index in [1.54, 1.807) is 0 Å². The number of hydrogen-bond acceptors (Lipinski definition) is 4. The normalized spacial score (nSPS) is 19.5. The third-order valence-electron chi connectivity index (χ3n) is 3.42. The van der Waals surface area contributed by atoms with Gasteiger partial charge < -0.3 is 15.4 Å². The minimum Gasteiger partial charge on any atom is -0.444 e. The van der Waals surface area contributed by atoms with Gasteiger partial charge in [0.15, 0.2) is 0 Å². The number of amides is 1. The first-order valence-electron chi connectivity index (χ1n) is 6.61. The topological polar surface area (TPSA) is 68.5 Å². The molecule has 0 aromatic carbocycles. The first-order chi connectivity index (χ1) is 8.96. The van der Waals surface area contributed by atoms with E-state index in [4.69, 9.17) is 10.5 Å². The maximum absolute atomic E-state index is 10.9. The number of anilines is 1. The molecule has 5 heteroatoms. The molecule has 1 aliphatic rings. The van der Waals surface area contributed by atoms with Gasteiger partial charge in [-0.25, -0.2) is 9.78 Å². The van der Waals surface area contributed by atoms with Crippen molar-refractivity contribution in [3.8, 4) is 0 Å². The van der Waals surface area contributed by atoms with Crippen molar-refractivity contribution in [2.24, 2.45) is 11.7 Å². The van der Waals surface area contributed by atoms with E-state index < -0.39 is 11.7 Å². The molecule has 104 valence electrons. The van der Waals surface area contributed by atoms with Crippen molar-refractivity contribution in [3.63, 3.8) is 0 Å². The third-order valence-corrected chi connectivity index (χ3v) is 3.42. The molecule has 0 bridgehead atoms. The molecule has 1 atom stereocenters. The molecule has 1 aliphatic heterocycles. The lowest BCUT2D eigenvalue weighted by molar-refractivity contribution is 0.0286. The van der Waals surface area contributed by atoms with Gasteiger partial charge in [0.05, 0.1) is 0 Å². The van der Waals surface area contributed by atoms with E-state index in [2.05, 4.69) is 9.88 Å². The Hall–Kier alpha value is -1.78. The molecule has 0 spiro atoms. The number of ether oxygens (including phenoxy) is 1. The Balaban J connectivity index is 1.90. The van der Waals surface area contributed by atoms with Gasteiger partial charge in [-0.1, -0.05) is 6.07 Å². The SMILES string of the molecule is CC(C)(CC1CCN(c2ccccn2)C1)OC(N)=O. The Labute approximate surface area is 113 Å². The van der Waals surface area contributed by atoms with Gasteiger partial charge in [0, 0.05) is 19.3 Å². The highest BCUT2D eigenvalue weighted by Crippen LogP contribution is 2.29. The zero-order valence-electron chi connectivity index (χ0n) is 11.5. The number of nitrogens with zero attached hydrogens (tertiary/aromatic N) is 2. The van der Waals surface area contributed by atoms with Gasteiger partial charge in [0.1, 0.15) is 11.4 Å². The Morgan fingerprint density at radius 3 is 3.00 bits per heavy atom. The van der Waals surface area contributed by atoms with Crippen LogP contribution >= 0.6 is 0 Å². The van der Waals surface area contributed by atoms with Crippen LogP contribution in [0.2, 0.25) is 0 Å². The number of primary amides is 1. The minimum absolute atomic E-state index is 0.497. The van der Waals surface area contributed by atoms with Crippen LogP contribution in [0.5, 0.6) is 0 Å². The van der Waals surface area contributed by atoms with Gasteiger partial charge in [0.25, 0.3) is 0 Å². The van der Waals surface area contributed by atoms with E-state index in [1.165, 1.54) is 0 Å². The number of aromatic nitrogens is 1. The molecule has 0 saturated carbocycles. The van der Waals surface area contributed by atoms with Crippen LogP contribution in [-0.4, -0.2) is 29.8 Å². The van der Waals surface area contributed by atoms with Crippen LogP contribution in [0.15, 0.2) is 24.4 Å². The molecular formula is C14H21N3O2. The molecule has 1 saturated heterocycles. The summed E-state index contributed by atoms with van der Waals surface area (Å²) >= 11 is 0. The van der Waals surface area contributed by atoms with E-state index in [0.717, 1.165) is 31.7 Å². The van der Waals surface area contributed by atoms with Crippen molar-refractivity contribution in [1.82, 2.24) is 4.98 Å². The number of nitrogens with two attached hydrogens (primary N) is 1. The highest BCUT2D eigenvalue weighted by molar-refractivity contribution is 5.65. The first kappa shape index (κ1) is 13.6. The van der Waals surface area contributed by atoms with Crippen LogP contribution in [0.4, 0.5) is 10.6 Å². The van der Waals surface area contributed by atoms with Crippen LogP contribution in [0.25, 0.3) is 0 Å². The Kier molecular flexibility index (Phi) is 3.93. The van der Waals surface area contributed by atoms with E-state index in [1.807, 2.05) is 38.2 Å². The van der Waals surface area contributed by atoms with Crippen molar-refractivity contribution >= 4 is 11.9 Å². The summed E-state index contributed by atoms with van der Waals surface area (Å²) in [5, 5.41) is 0. The second-order valence-corrected chi connectivity index (χ2v) is 5.67. The molecule has 0 radical (unpaired) electrons. The maximum Gasteiger partial charge on any atom is 0.405 e. The molecule has 1 amide bonds. The molecule has 1 unspecified atom stereocenters. The van der Waals surface area contributed by atoms with Crippen molar-refractivity contribution in [2.75, 3.05) is 18.0 Å². The Morgan fingerprint density at radius 1 is 1.58 bits per heavy atom. The standard InChI is InChI=1S/C14H21N3O2/c1-14(2,19-13(15)18)9-11-6-8-17(10-11)12-5-3-4-7-16-12/h3-5,7,11H,6,8-10H2,1-2H3,(H2,15,18). The molecule has 2 heterocycles. The van der Waals surface area contributed by atoms with Crippen molar-refractivity contribution in [1.29, 1.82) is 0 Å². The monoisotopic (exact) mass is 263 g/mol. The van der Waals surface area contributed by atoms with Gasteiger partial charge in [-0.2, -0.15) is 0 Å². The number of carbonyl (C=O) groups excluding carboxylic acids is 1. The lowest BCUT2D eigenvalue weighted by Crippen LogP contribution is -2.34. The zero-order chi connectivity index (χ0) is 13.9. The summed E-state index contributed by atoms with van der Waals surface area (Å²) in [7, 11) is 0. The van der Waals surface area contributed by atoms with Crippen molar-refractivity contribution < 1.29 is 9.53 Å². The summed E-state index contributed by atoms with van der Waals surface area (Å²) in [4.78, 5) is 17.5. The molecule has 0 aliphatic carbocycles. The fourth-order valence-electron chi connectivity index (χ4n) is 2.76. The molecule has 1 fully saturated rings. The van der Waals surface area contributed by atoms with Crippen molar-refractivity contribution in [2.45, 2.75) is 32.3 Å². The van der Waals surface area contributed by atoms with E-state index in [-0.39, 0.29) is 0 Å². The van der Waals surface area contributed by atoms with E-state index >= 15 is 0 Å². The second-order valence-electron chi connectivity index (χ2n) is 5.67. The molecule has 1 aromatic rings. The van der Waals surface area contributed by atoms with Crippen LogP contribution < -0.4 is 10.6 Å². The van der Waals surface area contributed by atoms with Crippen LogP contribution in [0, 0.1) is 5.92 Å². The fraction of sp³-hybridized carbons (Fsp3) is 0.571. The van der Waals surface area contributed by atoms with Crippen molar-refractivity contribution in [3.05, 3.63) is 24.4 Å². The largest absolute Gasteiger partial charge is 0.444 e. The summed E-state index contributed by atoms with van der Waals surface area (Å²) in [6, 6.07) is 5.93. The highest BCUT2D eigenvalue weighted by atomic mass is 16.6. The third kappa shape index (κ3) is 3.84. The number of carbonyl (C=O) groups is 1. The smallest absolute Gasteiger partial charge is 0.405 e. The Bertz CT molecular complexity index is 434. The van der Waals surface area contributed by atoms with Gasteiger partial charge in [-0.3, -0.25) is 0 Å². The summed E-state index contributed by atoms with van der Waals surface area (Å²) < 4.78 is 5.15. The summed E-state index contributed by atoms with van der Waals surface area (Å²) in [5.74, 6) is 1.51. The van der Waals surface area contributed by atoms with Crippen LogP contribution in [0.1, 0.15) is 26.7 Å². The minimum atomic E-state index is -0.704. The lowest BCUT2D eigenvalue weighted by atomic mass is 9.93. The molecule has 5 nitrogen and oxygen atoms in total. The molecule has 2 rings (SSSR count). The quantitative estimate of drug-likeness (QED) is 0.904. The first-order valence-corrected chi connectivity index (χ1v) is 6.61. The summed E-state index contributed by atoms with van der Waals surface area (Å²) in [6.45, 7) is 5.75.